The molecular weight excluding hydrogens is 439 g/mol. The normalized spacial score (nSPS) is 10.8. The second kappa shape index (κ2) is 8.75. The first-order valence-corrected chi connectivity index (χ1v) is 10.4. The molecule has 2 heterocycles. The lowest BCUT2D eigenvalue weighted by atomic mass is 10.2. The average molecular weight is 457 g/mol. The average Bonchev–Trinajstić information content (AvgIpc) is 3.14. The van der Waals surface area contributed by atoms with Gasteiger partial charge in [-0.1, -0.05) is 35.1 Å². The maximum absolute atomic E-state index is 14.2. The molecule has 7 nitrogen and oxygen atoms in total. The number of amides is 2. The Hall–Kier alpha value is -3.43. The summed E-state index contributed by atoms with van der Waals surface area (Å²) in [6.07, 6.45) is 0. The highest BCUT2D eigenvalue weighted by Gasteiger charge is 2.14. The summed E-state index contributed by atoms with van der Waals surface area (Å²) in [5.41, 5.74) is 8.23. The highest BCUT2D eigenvalue weighted by molar-refractivity contribution is 7.22. The zero-order valence-electron chi connectivity index (χ0n) is 16.4. The third kappa shape index (κ3) is 4.84. The zero-order valence-corrected chi connectivity index (χ0v) is 18.0. The van der Waals surface area contributed by atoms with Crippen molar-refractivity contribution in [2.45, 2.75) is 6.54 Å². The van der Waals surface area contributed by atoms with Gasteiger partial charge in [0.15, 0.2) is 5.13 Å². The summed E-state index contributed by atoms with van der Waals surface area (Å²) in [6, 6.07) is 14.8. The number of anilines is 4. The van der Waals surface area contributed by atoms with Crippen LogP contribution in [0.25, 0.3) is 10.3 Å². The van der Waals surface area contributed by atoms with Gasteiger partial charge in [-0.05, 0) is 48.0 Å². The minimum absolute atomic E-state index is 0.325. The summed E-state index contributed by atoms with van der Waals surface area (Å²) in [7, 11) is 1.71. The monoisotopic (exact) mass is 456 g/mol. The van der Waals surface area contributed by atoms with Crippen molar-refractivity contribution in [3.8, 4) is 0 Å². The number of benzene rings is 2. The quantitative estimate of drug-likeness (QED) is 0.361. The lowest BCUT2D eigenvalue weighted by Crippen LogP contribution is -2.28. The van der Waals surface area contributed by atoms with E-state index >= 15 is 0 Å². The molecule has 0 aliphatic rings. The van der Waals surface area contributed by atoms with E-state index in [0.29, 0.717) is 44.2 Å². The first kappa shape index (κ1) is 20.8. The largest absolute Gasteiger partial charge is 0.399 e. The number of hydrogen-bond donors (Lipinski definition) is 3. The Kier molecular flexibility index (Phi) is 5.88. The zero-order chi connectivity index (χ0) is 22.0. The predicted octanol–water partition coefficient (Wildman–Crippen LogP) is 5.16. The van der Waals surface area contributed by atoms with E-state index in [1.807, 2.05) is 12.1 Å². The summed E-state index contributed by atoms with van der Waals surface area (Å²) < 4.78 is 14.2. The van der Waals surface area contributed by atoms with Crippen LogP contribution in [0.3, 0.4) is 0 Å². The number of fused-ring (bicyclic) bond motifs is 1. The number of nitrogens with two attached hydrogens (primary N) is 1. The number of halogens is 2. The molecule has 0 aliphatic carbocycles. The van der Waals surface area contributed by atoms with Gasteiger partial charge in [-0.25, -0.2) is 19.2 Å². The van der Waals surface area contributed by atoms with Crippen molar-refractivity contribution in [2.24, 2.45) is 0 Å². The number of rotatable bonds is 5. The third-order valence-electron chi connectivity index (χ3n) is 4.51. The molecule has 31 heavy (non-hydrogen) atoms. The van der Waals surface area contributed by atoms with E-state index in [1.165, 1.54) is 17.4 Å². The number of carbonyl (C=O) groups excluding carboxylic acids is 1. The maximum Gasteiger partial charge on any atom is 0.321 e. The minimum atomic E-state index is -0.443. The van der Waals surface area contributed by atoms with E-state index in [-0.39, 0.29) is 6.03 Å². The van der Waals surface area contributed by atoms with Crippen LogP contribution in [0.1, 0.15) is 5.56 Å². The molecule has 4 N–H and O–H groups in total. The summed E-state index contributed by atoms with van der Waals surface area (Å²) in [6.45, 7) is 0.358. The summed E-state index contributed by atoms with van der Waals surface area (Å²) >= 11 is 7.06. The molecule has 4 rings (SSSR count). The van der Waals surface area contributed by atoms with Crippen molar-refractivity contribution in [3.63, 3.8) is 0 Å². The standard InChI is InChI=1S/C21H18ClFN6OS/c1-29(17-8-4-13(22)10-15(17)23)18-9-7-16-19(27-18)31-21(26-16)28-20(30)25-11-12-2-5-14(24)6-3-12/h2-10H,11,24H2,1H3,(H2,25,26,28,30). The van der Waals surface area contributed by atoms with Gasteiger partial charge in [-0.15, -0.1) is 0 Å². The molecule has 158 valence electrons. The highest BCUT2D eigenvalue weighted by Crippen LogP contribution is 2.30. The first-order valence-electron chi connectivity index (χ1n) is 9.25. The fourth-order valence-electron chi connectivity index (χ4n) is 2.88. The summed E-state index contributed by atoms with van der Waals surface area (Å²) in [5.74, 6) is 0.0954. The Bertz CT molecular complexity index is 1250. The molecule has 0 unspecified atom stereocenters. The van der Waals surface area contributed by atoms with Gasteiger partial charge in [0.1, 0.15) is 22.0 Å². The van der Waals surface area contributed by atoms with Crippen LogP contribution in [-0.2, 0) is 6.54 Å². The van der Waals surface area contributed by atoms with E-state index < -0.39 is 5.82 Å². The Morgan fingerprint density at radius 1 is 1.16 bits per heavy atom. The Morgan fingerprint density at radius 2 is 1.94 bits per heavy atom. The summed E-state index contributed by atoms with van der Waals surface area (Å²) in [5, 5.41) is 6.22. The van der Waals surface area contributed by atoms with E-state index in [2.05, 4.69) is 20.6 Å². The third-order valence-corrected chi connectivity index (χ3v) is 5.62. The topological polar surface area (TPSA) is 96.2 Å². The smallest absolute Gasteiger partial charge is 0.321 e. The van der Waals surface area contributed by atoms with E-state index in [4.69, 9.17) is 17.3 Å². The van der Waals surface area contributed by atoms with Crippen LogP contribution in [0.5, 0.6) is 0 Å². The number of nitrogen functional groups attached to an aromatic ring is 1. The van der Waals surface area contributed by atoms with Gasteiger partial charge in [0, 0.05) is 24.3 Å². The Balaban J connectivity index is 1.45. The first-order chi connectivity index (χ1) is 14.9. The van der Waals surface area contributed by atoms with E-state index in [0.717, 1.165) is 5.56 Å². The molecule has 2 aromatic heterocycles. The van der Waals surface area contributed by atoms with E-state index in [1.54, 1.807) is 48.3 Å². The fourth-order valence-corrected chi connectivity index (χ4v) is 3.87. The molecular formula is C21H18ClFN6OS. The molecule has 0 aliphatic heterocycles. The Labute approximate surface area is 186 Å². The molecule has 0 saturated heterocycles. The van der Waals surface area contributed by atoms with Crippen molar-refractivity contribution in [2.75, 3.05) is 23.0 Å². The van der Waals surface area contributed by atoms with Gasteiger partial charge in [0.2, 0.25) is 0 Å². The van der Waals surface area contributed by atoms with Crippen LogP contribution in [0, 0.1) is 5.82 Å². The molecule has 0 radical (unpaired) electrons. The number of thiazole rings is 1. The van der Waals surface area contributed by atoms with Gasteiger partial charge < -0.3 is 16.0 Å². The lowest BCUT2D eigenvalue weighted by Gasteiger charge is -2.18. The van der Waals surface area contributed by atoms with Gasteiger partial charge in [-0.3, -0.25) is 5.32 Å². The molecule has 0 spiro atoms. The van der Waals surface area contributed by atoms with Crippen molar-refractivity contribution in [3.05, 3.63) is 71.0 Å². The number of carbonyl (C=O) groups is 1. The predicted molar refractivity (Wildman–Crippen MR) is 124 cm³/mol. The maximum atomic E-state index is 14.2. The van der Waals surface area contributed by atoms with Gasteiger partial charge >= 0.3 is 6.03 Å². The molecule has 2 aromatic carbocycles. The molecule has 4 aromatic rings. The second-order valence-electron chi connectivity index (χ2n) is 6.72. The van der Waals surface area contributed by atoms with Crippen molar-refractivity contribution >= 4 is 61.6 Å². The van der Waals surface area contributed by atoms with Gasteiger partial charge in [0.05, 0.1) is 5.69 Å². The fraction of sp³-hybridized carbons (Fsp3) is 0.0952. The minimum Gasteiger partial charge on any atom is -0.399 e. The molecule has 10 heteroatoms. The van der Waals surface area contributed by atoms with Crippen LogP contribution >= 0.6 is 22.9 Å². The van der Waals surface area contributed by atoms with Crippen LogP contribution in [0.4, 0.5) is 31.5 Å². The van der Waals surface area contributed by atoms with Crippen LogP contribution < -0.4 is 21.3 Å². The van der Waals surface area contributed by atoms with Crippen LogP contribution in [0.2, 0.25) is 5.02 Å². The van der Waals surface area contributed by atoms with Crippen LogP contribution in [0.15, 0.2) is 54.6 Å². The molecule has 2 amide bonds. The second-order valence-corrected chi connectivity index (χ2v) is 8.13. The number of urea groups is 1. The Morgan fingerprint density at radius 3 is 2.68 bits per heavy atom. The van der Waals surface area contributed by atoms with Crippen molar-refractivity contribution < 1.29 is 9.18 Å². The number of nitrogens with zero attached hydrogens (tertiary/aromatic N) is 3. The molecule has 0 bridgehead atoms. The molecule has 0 fully saturated rings. The molecule has 0 saturated carbocycles. The SMILES string of the molecule is CN(c1ccc2nc(NC(=O)NCc3ccc(N)cc3)sc2n1)c1ccc(Cl)cc1F. The van der Waals surface area contributed by atoms with Gasteiger partial charge in [-0.2, -0.15) is 0 Å². The summed E-state index contributed by atoms with van der Waals surface area (Å²) in [4.78, 5) is 23.4. The van der Waals surface area contributed by atoms with Crippen molar-refractivity contribution in [1.29, 1.82) is 0 Å². The highest BCUT2D eigenvalue weighted by atomic mass is 35.5. The number of hydrogen-bond acceptors (Lipinski definition) is 6. The van der Waals surface area contributed by atoms with Gasteiger partial charge in [0.25, 0.3) is 0 Å². The van der Waals surface area contributed by atoms with Crippen LogP contribution in [-0.4, -0.2) is 23.0 Å². The molecule has 0 atom stereocenters. The lowest BCUT2D eigenvalue weighted by molar-refractivity contribution is 0.251. The van der Waals surface area contributed by atoms with E-state index in [9.17, 15) is 9.18 Å². The van der Waals surface area contributed by atoms with Crippen molar-refractivity contribution in [1.82, 2.24) is 15.3 Å². The number of nitrogens with one attached hydrogen (secondary N) is 2. The number of pyridine rings is 1. The number of aromatic nitrogens is 2.